The summed E-state index contributed by atoms with van der Waals surface area (Å²) >= 11 is 1.53. The molecule has 0 saturated heterocycles. The van der Waals surface area contributed by atoms with Gasteiger partial charge in [-0.3, -0.25) is 4.79 Å². The molecule has 1 aromatic carbocycles. The number of nitrogens with one attached hydrogen (secondary N) is 1. The van der Waals surface area contributed by atoms with E-state index in [0.717, 1.165) is 4.90 Å². The SMILES string of the molecule is NCCNC(=O)CCSc1ccc(F)cc1. The molecule has 88 valence electrons. The van der Waals surface area contributed by atoms with Crippen molar-refractivity contribution in [3.05, 3.63) is 30.1 Å². The Balaban J connectivity index is 2.20. The Kier molecular flexibility index (Phi) is 5.88. The van der Waals surface area contributed by atoms with Crippen molar-refractivity contribution in [3.63, 3.8) is 0 Å². The molecule has 3 nitrogen and oxygen atoms in total. The van der Waals surface area contributed by atoms with Crippen LogP contribution in [0.4, 0.5) is 4.39 Å². The van der Waals surface area contributed by atoms with Gasteiger partial charge in [0.2, 0.25) is 5.91 Å². The quantitative estimate of drug-likeness (QED) is 0.741. The van der Waals surface area contributed by atoms with Crippen LogP contribution in [-0.2, 0) is 4.79 Å². The first-order chi connectivity index (χ1) is 7.72. The molecule has 0 saturated carbocycles. The third-order valence-electron chi connectivity index (χ3n) is 1.88. The Morgan fingerprint density at radius 1 is 1.38 bits per heavy atom. The van der Waals surface area contributed by atoms with Gasteiger partial charge in [0.15, 0.2) is 0 Å². The fourth-order valence-corrected chi connectivity index (χ4v) is 1.94. The van der Waals surface area contributed by atoms with Crippen LogP contribution >= 0.6 is 11.8 Å². The molecule has 1 rings (SSSR count). The summed E-state index contributed by atoms with van der Waals surface area (Å²) in [6, 6.07) is 6.24. The van der Waals surface area contributed by atoms with Gasteiger partial charge < -0.3 is 11.1 Å². The first kappa shape index (κ1) is 13.0. The lowest BCUT2D eigenvalue weighted by atomic mass is 10.4. The highest BCUT2D eigenvalue weighted by Gasteiger charge is 2.00. The van der Waals surface area contributed by atoms with Crippen LogP contribution in [0.3, 0.4) is 0 Å². The lowest BCUT2D eigenvalue weighted by molar-refractivity contribution is -0.120. The van der Waals surface area contributed by atoms with Gasteiger partial charge in [0.25, 0.3) is 0 Å². The normalized spacial score (nSPS) is 10.1. The zero-order valence-electron chi connectivity index (χ0n) is 8.91. The number of amides is 1. The van der Waals surface area contributed by atoms with E-state index in [-0.39, 0.29) is 11.7 Å². The second kappa shape index (κ2) is 7.24. The van der Waals surface area contributed by atoms with Gasteiger partial charge in [-0.15, -0.1) is 11.8 Å². The van der Waals surface area contributed by atoms with Crippen molar-refractivity contribution >= 4 is 17.7 Å². The first-order valence-corrected chi connectivity index (χ1v) is 6.06. The van der Waals surface area contributed by atoms with Crippen LogP contribution in [0.5, 0.6) is 0 Å². The Labute approximate surface area is 98.6 Å². The van der Waals surface area contributed by atoms with E-state index in [2.05, 4.69) is 5.32 Å². The van der Waals surface area contributed by atoms with Crippen molar-refractivity contribution in [3.8, 4) is 0 Å². The third-order valence-corrected chi connectivity index (χ3v) is 2.89. The average molecular weight is 242 g/mol. The number of nitrogens with two attached hydrogens (primary N) is 1. The fourth-order valence-electron chi connectivity index (χ4n) is 1.09. The minimum atomic E-state index is -0.245. The summed E-state index contributed by atoms with van der Waals surface area (Å²) in [5.74, 6) is 0.437. The van der Waals surface area contributed by atoms with Crippen LogP contribution < -0.4 is 11.1 Å². The van der Waals surface area contributed by atoms with Crippen molar-refractivity contribution < 1.29 is 9.18 Å². The lowest BCUT2D eigenvalue weighted by Gasteiger charge is -2.03. The summed E-state index contributed by atoms with van der Waals surface area (Å²) in [5.41, 5.74) is 5.26. The van der Waals surface area contributed by atoms with Crippen LogP contribution in [0.1, 0.15) is 6.42 Å². The van der Waals surface area contributed by atoms with Crippen molar-refractivity contribution in [2.24, 2.45) is 5.73 Å². The Hall–Kier alpha value is -1.07. The first-order valence-electron chi connectivity index (χ1n) is 5.07. The number of rotatable bonds is 6. The molecule has 0 aromatic heterocycles. The molecule has 0 aliphatic heterocycles. The van der Waals surface area contributed by atoms with Gasteiger partial charge in [-0.1, -0.05) is 0 Å². The second-order valence-corrected chi connectivity index (χ2v) is 4.36. The summed E-state index contributed by atoms with van der Waals surface area (Å²) in [6.07, 6.45) is 0.446. The highest BCUT2D eigenvalue weighted by atomic mass is 32.2. The van der Waals surface area contributed by atoms with E-state index in [9.17, 15) is 9.18 Å². The highest BCUT2D eigenvalue weighted by Crippen LogP contribution is 2.18. The number of hydrogen-bond donors (Lipinski definition) is 2. The van der Waals surface area contributed by atoms with Crippen molar-refractivity contribution in [2.75, 3.05) is 18.8 Å². The Morgan fingerprint density at radius 2 is 2.06 bits per heavy atom. The molecule has 0 aliphatic carbocycles. The minimum absolute atomic E-state index is 0.0000571. The largest absolute Gasteiger partial charge is 0.355 e. The summed E-state index contributed by atoms with van der Waals surface area (Å²) < 4.78 is 12.6. The molecule has 5 heteroatoms. The predicted molar refractivity (Wildman–Crippen MR) is 63.8 cm³/mol. The number of thioether (sulfide) groups is 1. The number of halogens is 1. The zero-order valence-corrected chi connectivity index (χ0v) is 9.73. The molecule has 0 atom stereocenters. The van der Waals surface area contributed by atoms with E-state index < -0.39 is 0 Å². The maximum absolute atomic E-state index is 12.6. The average Bonchev–Trinajstić information content (AvgIpc) is 2.29. The smallest absolute Gasteiger partial charge is 0.220 e. The van der Waals surface area contributed by atoms with E-state index in [4.69, 9.17) is 5.73 Å². The molecule has 3 N–H and O–H groups in total. The molecule has 0 fully saturated rings. The number of benzene rings is 1. The summed E-state index contributed by atoms with van der Waals surface area (Å²) in [7, 11) is 0. The van der Waals surface area contributed by atoms with Crippen LogP contribution in [0, 0.1) is 5.82 Å². The van der Waals surface area contributed by atoms with E-state index in [1.54, 1.807) is 12.1 Å². The van der Waals surface area contributed by atoms with E-state index in [1.165, 1.54) is 23.9 Å². The van der Waals surface area contributed by atoms with Crippen molar-refractivity contribution in [2.45, 2.75) is 11.3 Å². The standard InChI is InChI=1S/C11H15FN2OS/c12-9-1-3-10(4-2-9)16-8-5-11(15)14-7-6-13/h1-4H,5-8,13H2,(H,14,15). The van der Waals surface area contributed by atoms with E-state index in [0.29, 0.717) is 25.3 Å². The van der Waals surface area contributed by atoms with Crippen LogP contribution in [0.25, 0.3) is 0 Å². The molecule has 0 bridgehead atoms. The minimum Gasteiger partial charge on any atom is -0.355 e. The van der Waals surface area contributed by atoms with Gasteiger partial charge in [0.1, 0.15) is 5.82 Å². The van der Waals surface area contributed by atoms with Gasteiger partial charge >= 0.3 is 0 Å². The number of carbonyl (C=O) groups excluding carboxylic acids is 1. The molecule has 1 amide bonds. The van der Waals surface area contributed by atoms with Gasteiger partial charge in [0, 0.05) is 30.2 Å². The Morgan fingerprint density at radius 3 is 2.69 bits per heavy atom. The van der Waals surface area contributed by atoms with Gasteiger partial charge in [0.05, 0.1) is 0 Å². The summed E-state index contributed by atoms with van der Waals surface area (Å²) in [4.78, 5) is 12.2. The second-order valence-electron chi connectivity index (χ2n) is 3.19. The molecule has 0 unspecified atom stereocenters. The molecule has 0 radical (unpaired) electrons. The fraction of sp³-hybridized carbons (Fsp3) is 0.364. The molecular formula is C11H15FN2OS. The maximum atomic E-state index is 12.6. The van der Waals surface area contributed by atoms with E-state index >= 15 is 0 Å². The number of hydrogen-bond acceptors (Lipinski definition) is 3. The topological polar surface area (TPSA) is 55.1 Å². The van der Waals surface area contributed by atoms with Gasteiger partial charge in [-0.25, -0.2) is 4.39 Å². The number of carbonyl (C=O) groups is 1. The molecule has 0 heterocycles. The van der Waals surface area contributed by atoms with Gasteiger partial charge in [-0.2, -0.15) is 0 Å². The van der Waals surface area contributed by atoms with Crippen LogP contribution in [0.15, 0.2) is 29.2 Å². The van der Waals surface area contributed by atoms with Crippen molar-refractivity contribution in [1.82, 2.24) is 5.32 Å². The van der Waals surface area contributed by atoms with E-state index in [1.807, 2.05) is 0 Å². The molecule has 0 spiro atoms. The van der Waals surface area contributed by atoms with Crippen molar-refractivity contribution in [1.29, 1.82) is 0 Å². The summed E-state index contributed by atoms with van der Waals surface area (Å²) in [5, 5.41) is 2.69. The molecule has 16 heavy (non-hydrogen) atoms. The Bertz CT molecular complexity index is 329. The summed E-state index contributed by atoms with van der Waals surface area (Å²) in [6.45, 7) is 0.969. The molecule has 1 aromatic rings. The molecule has 0 aliphatic rings. The predicted octanol–water partition coefficient (Wildman–Crippen LogP) is 1.38. The lowest BCUT2D eigenvalue weighted by Crippen LogP contribution is -2.29. The third kappa shape index (κ3) is 5.14. The highest BCUT2D eigenvalue weighted by molar-refractivity contribution is 7.99. The molecular weight excluding hydrogens is 227 g/mol. The zero-order chi connectivity index (χ0) is 11.8. The van der Waals surface area contributed by atoms with Crippen LogP contribution in [-0.4, -0.2) is 24.7 Å². The monoisotopic (exact) mass is 242 g/mol. The van der Waals surface area contributed by atoms with Crippen LogP contribution in [0.2, 0.25) is 0 Å². The maximum Gasteiger partial charge on any atom is 0.220 e. The van der Waals surface area contributed by atoms with Gasteiger partial charge in [-0.05, 0) is 24.3 Å².